The van der Waals surface area contributed by atoms with Crippen LogP contribution in [0.25, 0.3) is 0 Å². The number of nitrogens with two attached hydrogens (primary N) is 1. The lowest BCUT2D eigenvalue weighted by Crippen LogP contribution is -2.49. The molecule has 0 spiro atoms. The lowest BCUT2D eigenvalue weighted by molar-refractivity contribution is -0.131. The fraction of sp³-hybridized carbons (Fsp3) is 0.806. The molecule has 2 unspecified atom stereocenters. The van der Waals surface area contributed by atoms with Crippen molar-refractivity contribution in [1.82, 2.24) is 5.32 Å². The minimum atomic E-state index is -4.42. The number of unbranched alkanes of at least 4 members (excludes halogenated alkanes) is 17. The molecular formula is C36H69N2O7P. The molecule has 1 amide bonds. The van der Waals surface area contributed by atoms with Crippen molar-refractivity contribution in [2.24, 2.45) is 5.73 Å². The molecule has 270 valence electrons. The van der Waals surface area contributed by atoms with E-state index in [1.54, 1.807) is 6.08 Å². The van der Waals surface area contributed by atoms with Crippen LogP contribution in [-0.4, -0.2) is 59.0 Å². The van der Waals surface area contributed by atoms with Crippen molar-refractivity contribution in [3.63, 3.8) is 0 Å². The molecule has 46 heavy (non-hydrogen) atoms. The summed E-state index contributed by atoms with van der Waals surface area (Å²) in [6.45, 7) is 3.80. The topological polar surface area (TPSA) is 151 Å². The second kappa shape index (κ2) is 32.2. The van der Waals surface area contributed by atoms with Gasteiger partial charge in [-0.05, 0) is 44.9 Å². The summed E-state index contributed by atoms with van der Waals surface area (Å²) in [4.78, 5) is 22.6. The smallest absolute Gasteiger partial charge is 0.387 e. The van der Waals surface area contributed by atoms with Gasteiger partial charge in [0.2, 0.25) is 5.91 Å². The van der Waals surface area contributed by atoms with Crippen LogP contribution in [0.2, 0.25) is 0 Å². The Labute approximate surface area is 281 Å². The van der Waals surface area contributed by atoms with Crippen LogP contribution in [0.4, 0.5) is 0 Å². The molecule has 0 rings (SSSR count). The number of aliphatic hydroxyl groups excluding tert-OH is 2. The Hall–Kier alpha value is -1.32. The molecule has 0 aliphatic rings. The molecule has 0 aromatic carbocycles. The van der Waals surface area contributed by atoms with Crippen LogP contribution in [0.1, 0.15) is 149 Å². The molecule has 10 heteroatoms. The Morgan fingerprint density at radius 1 is 0.739 bits per heavy atom. The number of phosphoric acid groups is 1. The van der Waals surface area contributed by atoms with Crippen molar-refractivity contribution in [2.75, 3.05) is 19.8 Å². The van der Waals surface area contributed by atoms with Gasteiger partial charge >= 0.3 is 7.82 Å². The summed E-state index contributed by atoms with van der Waals surface area (Å²) in [5.74, 6) is -0.660. The van der Waals surface area contributed by atoms with Crippen molar-refractivity contribution in [2.45, 2.75) is 167 Å². The standard InChI is InChI=1S/C36H69N2O7P/c1-3-5-7-9-11-13-14-15-16-17-18-19-21-23-25-27-29-35(40)36(41)38-33(32-45-46(42,43)44-31-30-37)34(39)28-26-24-22-20-12-10-8-6-4-2/h15-16,22,24,26,28,33-35,39-40H,3-14,17-21,23,25,27,29-32,37H2,1-2H3,(H,38,41)(H,42,43)/b16-15-,24-22+,28-26+/t33-,34+,35?/m0/s1. The summed E-state index contributed by atoms with van der Waals surface area (Å²) >= 11 is 0. The predicted molar refractivity (Wildman–Crippen MR) is 190 cm³/mol. The number of rotatable bonds is 33. The van der Waals surface area contributed by atoms with Gasteiger partial charge in [-0.25, -0.2) is 4.57 Å². The largest absolute Gasteiger partial charge is 0.472 e. The lowest BCUT2D eigenvalue weighted by atomic mass is 10.0. The van der Waals surface area contributed by atoms with E-state index in [1.807, 2.05) is 12.2 Å². The van der Waals surface area contributed by atoms with E-state index in [0.717, 1.165) is 38.5 Å². The van der Waals surface area contributed by atoms with E-state index < -0.39 is 38.6 Å². The molecule has 0 aliphatic carbocycles. The van der Waals surface area contributed by atoms with Crippen LogP contribution in [0, 0.1) is 0 Å². The lowest BCUT2D eigenvalue weighted by Gasteiger charge is -2.24. The van der Waals surface area contributed by atoms with Gasteiger partial charge in [0, 0.05) is 6.54 Å². The third-order valence-electron chi connectivity index (χ3n) is 7.85. The highest BCUT2D eigenvalue weighted by Gasteiger charge is 2.28. The van der Waals surface area contributed by atoms with E-state index in [2.05, 4.69) is 31.3 Å². The number of carbonyl (C=O) groups excluding carboxylic acids is 1. The Morgan fingerprint density at radius 3 is 1.78 bits per heavy atom. The summed E-state index contributed by atoms with van der Waals surface area (Å²) in [5.41, 5.74) is 5.32. The third kappa shape index (κ3) is 28.9. The number of aliphatic hydroxyl groups is 2. The minimum Gasteiger partial charge on any atom is -0.387 e. The van der Waals surface area contributed by atoms with Gasteiger partial charge in [0.05, 0.1) is 25.4 Å². The van der Waals surface area contributed by atoms with E-state index in [0.29, 0.717) is 12.8 Å². The Balaban J connectivity index is 4.45. The molecule has 6 N–H and O–H groups in total. The van der Waals surface area contributed by atoms with Crippen molar-refractivity contribution >= 4 is 13.7 Å². The molecule has 0 heterocycles. The Morgan fingerprint density at radius 2 is 1.24 bits per heavy atom. The van der Waals surface area contributed by atoms with Gasteiger partial charge < -0.3 is 26.2 Å². The van der Waals surface area contributed by atoms with E-state index in [1.165, 1.54) is 89.5 Å². The second-order valence-electron chi connectivity index (χ2n) is 12.3. The molecule has 0 aromatic heterocycles. The highest BCUT2D eigenvalue weighted by molar-refractivity contribution is 7.47. The third-order valence-corrected chi connectivity index (χ3v) is 8.84. The molecule has 0 aromatic rings. The van der Waals surface area contributed by atoms with E-state index in [4.69, 9.17) is 14.8 Å². The average molecular weight is 673 g/mol. The monoisotopic (exact) mass is 672 g/mol. The van der Waals surface area contributed by atoms with Gasteiger partial charge in [-0.1, -0.05) is 140 Å². The summed E-state index contributed by atoms with van der Waals surface area (Å²) < 4.78 is 21.9. The maximum atomic E-state index is 12.7. The van der Waals surface area contributed by atoms with Gasteiger partial charge in [0.25, 0.3) is 0 Å². The van der Waals surface area contributed by atoms with Crippen molar-refractivity contribution in [1.29, 1.82) is 0 Å². The molecule has 9 nitrogen and oxygen atoms in total. The molecule has 4 atom stereocenters. The summed E-state index contributed by atoms with van der Waals surface area (Å²) in [6, 6.07) is -1.07. The molecule has 0 saturated carbocycles. The first kappa shape index (κ1) is 44.7. The van der Waals surface area contributed by atoms with Gasteiger partial charge in [0.1, 0.15) is 6.10 Å². The minimum absolute atomic E-state index is 0.0350. The molecule has 0 saturated heterocycles. The maximum Gasteiger partial charge on any atom is 0.472 e. The quantitative estimate of drug-likeness (QED) is 0.0203. The Kier molecular flexibility index (Phi) is 31.3. The number of phosphoric ester groups is 1. The van der Waals surface area contributed by atoms with Crippen molar-refractivity contribution in [3.8, 4) is 0 Å². The molecule has 0 radical (unpaired) electrons. The predicted octanol–water partition coefficient (Wildman–Crippen LogP) is 8.19. The van der Waals surface area contributed by atoms with Crippen LogP contribution in [0.15, 0.2) is 36.5 Å². The molecule has 0 aliphatic heterocycles. The first-order chi connectivity index (χ1) is 22.3. The summed E-state index contributed by atoms with van der Waals surface area (Å²) in [7, 11) is -4.42. The zero-order valence-corrected chi connectivity index (χ0v) is 30.1. The molecule has 0 bridgehead atoms. The molecule has 0 fully saturated rings. The van der Waals surface area contributed by atoms with E-state index in [9.17, 15) is 24.5 Å². The number of hydrogen-bond donors (Lipinski definition) is 5. The first-order valence-electron chi connectivity index (χ1n) is 18.2. The van der Waals surface area contributed by atoms with Crippen LogP contribution in [-0.2, 0) is 18.4 Å². The molecular weight excluding hydrogens is 603 g/mol. The second-order valence-corrected chi connectivity index (χ2v) is 13.7. The van der Waals surface area contributed by atoms with Gasteiger partial charge in [-0.3, -0.25) is 13.8 Å². The van der Waals surface area contributed by atoms with Crippen LogP contribution in [0.5, 0.6) is 0 Å². The highest BCUT2D eigenvalue weighted by Crippen LogP contribution is 2.43. The van der Waals surface area contributed by atoms with Crippen LogP contribution in [0.3, 0.4) is 0 Å². The van der Waals surface area contributed by atoms with E-state index >= 15 is 0 Å². The van der Waals surface area contributed by atoms with Crippen molar-refractivity contribution < 1.29 is 33.5 Å². The number of amides is 1. The normalized spacial score (nSPS) is 15.5. The fourth-order valence-corrected chi connectivity index (χ4v) is 5.71. The van der Waals surface area contributed by atoms with Crippen LogP contribution >= 0.6 is 7.82 Å². The van der Waals surface area contributed by atoms with Gasteiger partial charge in [0.15, 0.2) is 0 Å². The zero-order valence-electron chi connectivity index (χ0n) is 29.2. The first-order valence-corrected chi connectivity index (χ1v) is 19.7. The number of carbonyl (C=O) groups is 1. The maximum absolute atomic E-state index is 12.7. The average Bonchev–Trinajstić information content (AvgIpc) is 3.04. The summed E-state index contributed by atoms with van der Waals surface area (Å²) in [5, 5.41) is 23.7. The highest BCUT2D eigenvalue weighted by atomic mass is 31.2. The Bertz CT molecular complexity index is 837. The van der Waals surface area contributed by atoms with Gasteiger partial charge in [-0.15, -0.1) is 0 Å². The zero-order chi connectivity index (χ0) is 34.1. The number of allylic oxidation sites excluding steroid dienone is 5. The van der Waals surface area contributed by atoms with E-state index in [-0.39, 0.29) is 13.2 Å². The SMILES string of the molecule is CCCCCCC/C=C/C=C/[C@@H](O)[C@H](COP(=O)(O)OCCN)NC(=O)C(O)CCCCCCCC/C=C\CCCCCCCC. The summed E-state index contributed by atoms with van der Waals surface area (Å²) in [6.07, 6.45) is 32.8. The number of nitrogens with one attached hydrogen (secondary N) is 1. The van der Waals surface area contributed by atoms with Crippen molar-refractivity contribution in [3.05, 3.63) is 36.5 Å². The number of hydrogen-bond acceptors (Lipinski definition) is 7. The fourth-order valence-electron chi connectivity index (χ4n) is 4.95. The van der Waals surface area contributed by atoms with Gasteiger partial charge in [-0.2, -0.15) is 0 Å². The van der Waals surface area contributed by atoms with Crippen LogP contribution < -0.4 is 11.1 Å².